The number of aromatic nitrogens is 2. The van der Waals surface area contributed by atoms with Crippen molar-refractivity contribution in [3.8, 4) is 6.07 Å². The van der Waals surface area contributed by atoms with Crippen molar-refractivity contribution in [3.63, 3.8) is 0 Å². The number of rotatable bonds is 6. The zero-order valence-corrected chi connectivity index (χ0v) is 14.1. The molecular weight excluding hydrogens is 340 g/mol. The number of nitrogen functional groups attached to an aromatic ring is 1. The van der Waals surface area contributed by atoms with E-state index in [0.717, 1.165) is 20.5 Å². The number of nitrogens with zero attached hydrogens (tertiary/aromatic N) is 3. The van der Waals surface area contributed by atoms with Gasteiger partial charge >= 0.3 is 5.97 Å². The fourth-order valence-electron chi connectivity index (χ4n) is 1.46. The van der Waals surface area contributed by atoms with Crippen molar-refractivity contribution in [1.82, 2.24) is 10.2 Å². The van der Waals surface area contributed by atoms with Gasteiger partial charge in [0.05, 0.1) is 6.61 Å². The number of ether oxygens (including phenoxy) is 1. The molecule has 0 aliphatic heterocycles. The fraction of sp³-hybridized carbons (Fsp3) is 0.231. The van der Waals surface area contributed by atoms with Gasteiger partial charge in [-0.15, -0.1) is 21.5 Å². The van der Waals surface area contributed by atoms with Gasteiger partial charge in [-0.1, -0.05) is 23.1 Å². The molecule has 0 saturated heterocycles. The maximum atomic E-state index is 11.6. The van der Waals surface area contributed by atoms with Crippen molar-refractivity contribution in [2.24, 2.45) is 0 Å². The summed E-state index contributed by atoms with van der Waals surface area (Å²) in [4.78, 5) is 12.4. The van der Waals surface area contributed by atoms with E-state index in [2.05, 4.69) is 10.2 Å². The monoisotopic (exact) mass is 352 g/mol. The van der Waals surface area contributed by atoms with Crippen LogP contribution in [0.5, 0.6) is 0 Å². The molecule has 0 atom stereocenters. The Bertz CT molecular complexity index is 730. The molecule has 2 rings (SSSR count). The van der Waals surface area contributed by atoms with E-state index in [1.54, 1.807) is 24.8 Å². The van der Waals surface area contributed by atoms with Crippen LogP contribution in [0.25, 0.3) is 6.08 Å². The van der Waals surface area contributed by atoms with E-state index in [1.165, 1.54) is 22.7 Å². The second kappa shape index (κ2) is 7.93. The van der Waals surface area contributed by atoms with Gasteiger partial charge in [0.25, 0.3) is 0 Å². The van der Waals surface area contributed by atoms with Gasteiger partial charge in [-0.2, -0.15) is 5.26 Å². The van der Waals surface area contributed by atoms with Crippen LogP contribution in [0.1, 0.15) is 17.4 Å². The minimum Gasteiger partial charge on any atom is -0.462 e. The van der Waals surface area contributed by atoms with Gasteiger partial charge in [0.15, 0.2) is 4.34 Å². The summed E-state index contributed by atoms with van der Waals surface area (Å²) in [7, 11) is 0. The molecule has 2 aromatic heterocycles. The van der Waals surface area contributed by atoms with E-state index in [4.69, 9.17) is 15.7 Å². The molecule has 2 aromatic rings. The van der Waals surface area contributed by atoms with E-state index >= 15 is 0 Å². The summed E-state index contributed by atoms with van der Waals surface area (Å²) in [6.45, 7) is 1.95. The third-order valence-corrected chi connectivity index (χ3v) is 5.25. The Morgan fingerprint density at radius 3 is 3.05 bits per heavy atom. The van der Waals surface area contributed by atoms with Gasteiger partial charge in [-0.3, -0.25) is 0 Å². The Balaban J connectivity index is 2.01. The highest BCUT2D eigenvalue weighted by Gasteiger charge is 2.11. The summed E-state index contributed by atoms with van der Waals surface area (Å²) < 4.78 is 5.64. The van der Waals surface area contributed by atoms with E-state index in [-0.39, 0.29) is 12.2 Å². The minimum absolute atomic E-state index is 0.000185. The first kappa shape index (κ1) is 16.5. The SMILES string of the molecule is CCOC(=O)/C(C#N)=C/c1cc(CSc2nnc(N)s2)cs1. The second-order valence-electron chi connectivity index (χ2n) is 3.94. The molecule has 0 amide bonds. The molecule has 2 N–H and O–H groups in total. The topological polar surface area (TPSA) is 102 Å². The van der Waals surface area contributed by atoms with Gasteiger partial charge in [-0.25, -0.2) is 4.79 Å². The lowest BCUT2D eigenvalue weighted by Crippen LogP contribution is -2.05. The van der Waals surface area contributed by atoms with Crippen molar-refractivity contribution in [2.45, 2.75) is 17.0 Å². The van der Waals surface area contributed by atoms with Crippen LogP contribution in [0, 0.1) is 11.3 Å². The summed E-state index contributed by atoms with van der Waals surface area (Å²) in [5.74, 6) is 0.124. The Labute approximate surface area is 139 Å². The van der Waals surface area contributed by atoms with Gasteiger partial charge in [-0.05, 0) is 30.0 Å². The van der Waals surface area contributed by atoms with E-state index in [9.17, 15) is 4.79 Å². The molecule has 0 aliphatic carbocycles. The van der Waals surface area contributed by atoms with Crippen LogP contribution in [-0.2, 0) is 15.3 Å². The summed E-state index contributed by atoms with van der Waals surface area (Å²) >= 11 is 4.35. The largest absolute Gasteiger partial charge is 0.462 e. The molecule has 0 spiro atoms. The van der Waals surface area contributed by atoms with Crippen LogP contribution in [0.2, 0.25) is 0 Å². The zero-order valence-electron chi connectivity index (χ0n) is 11.6. The Morgan fingerprint density at radius 2 is 2.41 bits per heavy atom. The van der Waals surface area contributed by atoms with Gasteiger partial charge < -0.3 is 10.5 Å². The number of hydrogen-bond acceptors (Lipinski definition) is 9. The van der Waals surface area contributed by atoms with Crippen LogP contribution in [0.4, 0.5) is 5.13 Å². The number of carbonyl (C=O) groups is 1. The molecular formula is C13H12N4O2S3. The third kappa shape index (κ3) is 4.56. The lowest BCUT2D eigenvalue weighted by atomic mass is 10.2. The lowest BCUT2D eigenvalue weighted by Gasteiger charge is -1.98. The van der Waals surface area contributed by atoms with E-state index in [1.807, 2.05) is 17.5 Å². The number of hydrogen-bond donors (Lipinski definition) is 1. The van der Waals surface area contributed by atoms with Crippen molar-refractivity contribution >= 4 is 51.6 Å². The van der Waals surface area contributed by atoms with Gasteiger partial charge in [0.2, 0.25) is 5.13 Å². The predicted octanol–water partition coefficient (Wildman–Crippen LogP) is 2.94. The van der Waals surface area contributed by atoms with Crippen molar-refractivity contribution < 1.29 is 9.53 Å². The Hall–Kier alpha value is -1.89. The summed E-state index contributed by atoms with van der Waals surface area (Å²) in [5, 5.41) is 19.1. The van der Waals surface area contributed by atoms with Gasteiger partial charge in [0, 0.05) is 10.6 Å². The number of nitrogens with two attached hydrogens (primary N) is 1. The third-order valence-electron chi connectivity index (χ3n) is 2.36. The molecule has 22 heavy (non-hydrogen) atoms. The Morgan fingerprint density at radius 1 is 1.59 bits per heavy atom. The number of carbonyl (C=O) groups excluding carboxylic acids is 1. The van der Waals surface area contributed by atoms with E-state index in [0.29, 0.717) is 5.13 Å². The predicted molar refractivity (Wildman–Crippen MR) is 88.4 cm³/mol. The highest BCUT2D eigenvalue weighted by Crippen LogP contribution is 2.29. The normalized spacial score (nSPS) is 11.2. The number of thiophene rings is 1. The molecule has 9 heteroatoms. The second-order valence-corrected chi connectivity index (χ2v) is 7.12. The summed E-state index contributed by atoms with van der Waals surface area (Å²) in [6, 6.07) is 3.79. The van der Waals surface area contributed by atoms with Crippen molar-refractivity contribution in [3.05, 3.63) is 27.5 Å². The molecule has 2 heterocycles. The first-order valence-corrected chi connectivity index (χ1v) is 8.88. The van der Waals surface area contributed by atoms with Crippen LogP contribution < -0.4 is 5.73 Å². The summed E-state index contributed by atoms with van der Waals surface area (Å²) in [5.41, 5.74) is 6.61. The Kier molecular flexibility index (Phi) is 5.94. The maximum Gasteiger partial charge on any atom is 0.348 e. The van der Waals surface area contributed by atoms with Crippen LogP contribution in [-0.4, -0.2) is 22.8 Å². The molecule has 0 fully saturated rings. The average molecular weight is 352 g/mol. The first-order valence-electron chi connectivity index (χ1n) is 6.20. The zero-order chi connectivity index (χ0) is 15.9. The molecule has 114 valence electrons. The standard InChI is InChI=1S/C13H12N4O2S3/c1-2-19-11(18)9(5-14)4-10-3-8(6-20-10)7-21-13-17-16-12(15)22-13/h3-4,6H,2,7H2,1H3,(H2,15,16)/b9-4+. The molecule has 0 bridgehead atoms. The van der Waals surface area contributed by atoms with Crippen LogP contribution in [0.3, 0.4) is 0 Å². The van der Waals surface area contributed by atoms with E-state index < -0.39 is 5.97 Å². The average Bonchev–Trinajstić information content (AvgIpc) is 3.11. The lowest BCUT2D eigenvalue weighted by molar-refractivity contribution is -0.137. The van der Waals surface area contributed by atoms with Crippen molar-refractivity contribution in [1.29, 1.82) is 5.26 Å². The highest BCUT2D eigenvalue weighted by molar-refractivity contribution is 8.00. The number of esters is 1. The maximum absolute atomic E-state index is 11.6. The molecule has 0 unspecified atom stereocenters. The van der Waals surface area contributed by atoms with Crippen LogP contribution in [0.15, 0.2) is 21.4 Å². The number of thioether (sulfide) groups is 1. The molecule has 6 nitrogen and oxygen atoms in total. The van der Waals surface area contributed by atoms with Gasteiger partial charge in [0.1, 0.15) is 11.6 Å². The smallest absolute Gasteiger partial charge is 0.348 e. The fourth-order valence-corrected chi connectivity index (χ4v) is 3.97. The van der Waals surface area contributed by atoms with Crippen LogP contribution >= 0.6 is 34.4 Å². The number of anilines is 1. The highest BCUT2D eigenvalue weighted by atomic mass is 32.2. The summed E-state index contributed by atoms with van der Waals surface area (Å²) in [6.07, 6.45) is 1.54. The molecule has 0 radical (unpaired) electrons. The molecule has 0 aliphatic rings. The minimum atomic E-state index is -0.598. The van der Waals surface area contributed by atoms with Crippen molar-refractivity contribution in [2.75, 3.05) is 12.3 Å². The number of nitriles is 1. The molecule has 0 aromatic carbocycles. The first-order chi connectivity index (χ1) is 10.6. The molecule has 0 saturated carbocycles. The quantitative estimate of drug-likeness (QED) is 0.369.